The molecule has 0 aliphatic heterocycles. The predicted molar refractivity (Wildman–Crippen MR) is 64.9 cm³/mol. The summed E-state index contributed by atoms with van der Waals surface area (Å²) in [5.41, 5.74) is 2.74. The van der Waals surface area contributed by atoms with E-state index < -0.39 is 0 Å². The Morgan fingerprint density at radius 1 is 1.40 bits per heavy atom. The van der Waals surface area contributed by atoms with Crippen LogP contribution in [0.1, 0.15) is 51.9 Å². The summed E-state index contributed by atoms with van der Waals surface area (Å²) in [7, 11) is 0. The minimum Gasteiger partial charge on any atom is -0.270 e. The first-order valence-electron chi connectivity index (χ1n) is 6.24. The third kappa shape index (κ3) is 3.85. The Morgan fingerprint density at radius 2 is 2.07 bits per heavy atom. The first-order valence-corrected chi connectivity index (χ1v) is 6.24. The minimum absolute atomic E-state index is 0.0807. The first-order chi connectivity index (χ1) is 7.31. The van der Waals surface area contributed by atoms with Crippen LogP contribution in [0.2, 0.25) is 0 Å². The van der Waals surface area contributed by atoms with Crippen LogP contribution >= 0.6 is 0 Å². The fourth-order valence-electron chi connectivity index (χ4n) is 2.62. The van der Waals surface area contributed by atoms with E-state index in [1.54, 1.807) is 0 Å². The molecule has 0 aromatic heterocycles. The summed E-state index contributed by atoms with van der Waals surface area (Å²) in [6.45, 7) is 2.26. The van der Waals surface area contributed by atoms with Crippen LogP contribution in [0.4, 0.5) is 0 Å². The zero-order valence-electron chi connectivity index (χ0n) is 9.84. The van der Waals surface area contributed by atoms with Gasteiger partial charge >= 0.3 is 0 Å². The molecule has 1 rings (SSSR count). The van der Waals surface area contributed by atoms with Crippen molar-refractivity contribution in [2.75, 3.05) is 0 Å². The standard InChI is InChI=1S/C13H24N2/c1-3-5-6-11-7-9-12(10-8-11)13(4-2)15-14/h2,11-13,15H,3,5-10,14H2,1H3. The van der Waals surface area contributed by atoms with Gasteiger partial charge in [0.25, 0.3) is 0 Å². The highest BCUT2D eigenvalue weighted by atomic mass is 15.2. The molecule has 3 N–H and O–H groups in total. The van der Waals surface area contributed by atoms with Gasteiger partial charge in [0, 0.05) is 0 Å². The van der Waals surface area contributed by atoms with Crippen molar-refractivity contribution in [3.05, 3.63) is 0 Å². The van der Waals surface area contributed by atoms with E-state index in [9.17, 15) is 0 Å². The van der Waals surface area contributed by atoms with Crippen molar-refractivity contribution in [1.29, 1.82) is 0 Å². The lowest BCUT2D eigenvalue weighted by atomic mass is 9.77. The van der Waals surface area contributed by atoms with Gasteiger partial charge in [-0.1, -0.05) is 44.9 Å². The van der Waals surface area contributed by atoms with Crippen LogP contribution in [0.25, 0.3) is 0 Å². The lowest BCUT2D eigenvalue weighted by Gasteiger charge is -2.31. The topological polar surface area (TPSA) is 38.0 Å². The third-order valence-electron chi connectivity index (χ3n) is 3.69. The van der Waals surface area contributed by atoms with Crippen molar-refractivity contribution in [3.8, 4) is 12.3 Å². The molecule has 0 aromatic rings. The molecule has 1 fully saturated rings. The first kappa shape index (κ1) is 12.5. The second-order valence-electron chi connectivity index (χ2n) is 4.73. The maximum atomic E-state index is 5.44. The van der Waals surface area contributed by atoms with Gasteiger partial charge in [0.15, 0.2) is 0 Å². The molecule has 1 unspecified atom stereocenters. The second kappa shape index (κ2) is 6.87. The Labute approximate surface area is 94.0 Å². The van der Waals surface area contributed by atoms with Crippen molar-refractivity contribution >= 4 is 0 Å². The average Bonchev–Trinajstić information content (AvgIpc) is 2.29. The number of nitrogens with two attached hydrogens (primary N) is 1. The summed E-state index contributed by atoms with van der Waals surface area (Å²) in [5.74, 6) is 9.72. The molecule has 0 spiro atoms. The largest absolute Gasteiger partial charge is 0.270 e. The van der Waals surface area contributed by atoms with Crippen LogP contribution in [0.5, 0.6) is 0 Å². The van der Waals surface area contributed by atoms with Crippen molar-refractivity contribution < 1.29 is 0 Å². The number of hydrogen-bond donors (Lipinski definition) is 2. The smallest absolute Gasteiger partial charge is 0.0842 e. The molecule has 0 bridgehead atoms. The minimum atomic E-state index is 0.0807. The molecule has 1 atom stereocenters. The van der Waals surface area contributed by atoms with E-state index in [4.69, 9.17) is 12.3 Å². The average molecular weight is 208 g/mol. The Bertz CT molecular complexity index is 199. The van der Waals surface area contributed by atoms with Crippen LogP contribution in [0.15, 0.2) is 0 Å². The summed E-state index contributed by atoms with van der Waals surface area (Å²) in [6, 6.07) is 0.0807. The third-order valence-corrected chi connectivity index (χ3v) is 3.69. The van der Waals surface area contributed by atoms with Gasteiger partial charge in [0.2, 0.25) is 0 Å². The Morgan fingerprint density at radius 3 is 2.53 bits per heavy atom. The van der Waals surface area contributed by atoms with Gasteiger partial charge in [-0.25, -0.2) is 5.43 Å². The quantitative estimate of drug-likeness (QED) is 0.414. The molecule has 1 saturated carbocycles. The van der Waals surface area contributed by atoms with E-state index in [-0.39, 0.29) is 6.04 Å². The summed E-state index contributed by atoms with van der Waals surface area (Å²) in [4.78, 5) is 0. The number of rotatable bonds is 5. The van der Waals surface area contributed by atoms with Crippen LogP contribution in [0.3, 0.4) is 0 Å². The van der Waals surface area contributed by atoms with Crippen LogP contribution < -0.4 is 11.3 Å². The molecule has 0 saturated heterocycles. The van der Waals surface area contributed by atoms with Crippen LogP contribution in [-0.4, -0.2) is 6.04 Å². The van der Waals surface area contributed by atoms with E-state index in [0.717, 1.165) is 5.92 Å². The molecular weight excluding hydrogens is 184 g/mol. The van der Waals surface area contributed by atoms with Gasteiger partial charge < -0.3 is 0 Å². The molecule has 1 aliphatic rings. The summed E-state index contributed by atoms with van der Waals surface area (Å²) >= 11 is 0. The summed E-state index contributed by atoms with van der Waals surface area (Å²) in [5, 5.41) is 0. The highest BCUT2D eigenvalue weighted by molar-refractivity contribution is 5.02. The monoisotopic (exact) mass is 208 g/mol. The Balaban J connectivity index is 2.26. The molecule has 2 nitrogen and oxygen atoms in total. The van der Waals surface area contributed by atoms with E-state index >= 15 is 0 Å². The van der Waals surface area contributed by atoms with Crippen molar-refractivity contribution in [2.45, 2.75) is 57.9 Å². The summed E-state index contributed by atoms with van der Waals surface area (Å²) < 4.78 is 0. The number of hydrogen-bond acceptors (Lipinski definition) is 2. The Hall–Kier alpha value is -0.520. The number of unbranched alkanes of at least 4 members (excludes halogenated alkanes) is 1. The maximum absolute atomic E-state index is 5.44. The molecular formula is C13H24N2. The van der Waals surface area contributed by atoms with Gasteiger partial charge in [-0.2, -0.15) is 0 Å². The maximum Gasteiger partial charge on any atom is 0.0842 e. The SMILES string of the molecule is C#CC(NN)C1CCC(CCCC)CC1. The molecule has 15 heavy (non-hydrogen) atoms. The van der Waals surface area contributed by atoms with Gasteiger partial charge in [0.05, 0.1) is 6.04 Å². The lowest BCUT2D eigenvalue weighted by molar-refractivity contribution is 0.234. The van der Waals surface area contributed by atoms with Crippen LogP contribution in [0, 0.1) is 24.2 Å². The Kier molecular flexibility index (Phi) is 5.75. The number of hydrazine groups is 1. The van der Waals surface area contributed by atoms with Crippen molar-refractivity contribution in [1.82, 2.24) is 5.43 Å². The summed E-state index contributed by atoms with van der Waals surface area (Å²) in [6.07, 6.45) is 14.7. The van der Waals surface area contributed by atoms with Gasteiger partial charge in [0.1, 0.15) is 0 Å². The van der Waals surface area contributed by atoms with Gasteiger partial charge in [-0.05, 0) is 24.7 Å². The normalized spacial score (nSPS) is 28.3. The van der Waals surface area contributed by atoms with E-state index in [1.807, 2.05) is 0 Å². The zero-order chi connectivity index (χ0) is 11.1. The fourth-order valence-corrected chi connectivity index (χ4v) is 2.62. The second-order valence-corrected chi connectivity index (χ2v) is 4.73. The predicted octanol–water partition coefficient (Wildman–Crippen LogP) is 2.45. The molecule has 0 heterocycles. The molecule has 1 aliphatic carbocycles. The molecule has 86 valence electrons. The van der Waals surface area contributed by atoms with Crippen LogP contribution in [-0.2, 0) is 0 Å². The van der Waals surface area contributed by atoms with E-state index in [2.05, 4.69) is 18.3 Å². The number of terminal acetylenes is 1. The fraction of sp³-hybridized carbons (Fsp3) is 0.846. The van der Waals surface area contributed by atoms with Crippen molar-refractivity contribution in [3.63, 3.8) is 0 Å². The highest BCUT2D eigenvalue weighted by Crippen LogP contribution is 2.33. The highest BCUT2D eigenvalue weighted by Gasteiger charge is 2.25. The lowest BCUT2D eigenvalue weighted by Crippen LogP contribution is -2.41. The van der Waals surface area contributed by atoms with Crippen molar-refractivity contribution in [2.24, 2.45) is 17.7 Å². The van der Waals surface area contributed by atoms with Gasteiger partial charge in [-0.15, -0.1) is 6.42 Å². The van der Waals surface area contributed by atoms with Gasteiger partial charge in [-0.3, -0.25) is 5.84 Å². The molecule has 2 heteroatoms. The molecule has 0 radical (unpaired) electrons. The zero-order valence-corrected chi connectivity index (χ0v) is 9.84. The van der Waals surface area contributed by atoms with E-state index in [1.165, 1.54) is 44.9 Å². The molecule has 0 aromatic carbocycles. The number of nitrogens with one attached hydrogen (secondary N) is 1. The van der Waals surface area contributed by atoms with E-state index in [0.29, 0.717) is 5.92 Å². The molecule has 0 amide bonds.